The van der Waals surface area contributed by atoms with E-state index in [1.165, 1.54) is 0 Å². The van der Waals surface area contributed by atoms with Gasteiger partial charge in [-0.25, -0.2) is 0 Å². The standard InChI is InChI=1S/C17H26N2O3/c1-3-4-15(18)16(17(20)19-13-7-8-13)22-11-12-5-9-14(21-2)10-6-12/h5-6,9-10,13,15-16H,3-4,7-8,11,18H2,1-2H3,(H,19,20)/t15-,16?/m0/s1. The SMILES string of the molecule is CCC[C@H](N)C(OCc1ccc(OC)cc1)C(=O)NC1CC1. The van der Waals surface area contributed by atoms with Crippen molar-refractivity contribution in [3.63, 3.8) is 0 Å². The number of hydrogen-bond acceptors (Lipinski definition) is 4. The highest BCUT2D eigenvalue weighted by molar-refractivity contribution is 5.82. The molecule has 0 heterocycles. The summed E-state index contributed by atoms with van der Waals surface area (Å²) in [6.45, 7) is 2.42. The van der Waals surface area contributed by atoms with Crippen LogP contribution in [0.15, 0.2) is 24.3 Å². The Kier molecular flexibility index (Phi) is 6.21. The molecule has 1 aromatic rings. The summed E-state index contributed by atoms with van der Waals surface area (Å²) in [6, 6.07) is 7.66. The Morgan fingerprint density at radius 1 is 1.36 bits per heavy atom. The largest absolute Gasteiger partial charge is 0.497 e. The van der Waals surface area contributed by atoms with Gasteiger partial charge in [-0.1, -0.05) is 25.5 Å². The lowest BCUT2D eigenvalue weighted by molar-refractivity contribution is -0.135. The first-order chi connectivity index (χ1) is 10.6. The van der Waals surface area contributed by atoms with Gasteiger partial charge in [-0.05, 0) is 37.0 Å². The smallest absolute Gasteiger partial charge is 0.250 e. The Hall–Kier alpha value is -1.59. The van der Waals surface area contributed by atoms with Crippen molar-refractivity contribution in [2.24, 2.45) is 5.73 Å². The fourth-order valence-corrected chi connectivity index (χ4v) is 2.30. The van der Waals surface area contributed by atoms with Crippen molar-refractivity contribution in [3.05, 3.63) is 29.8 Å². The molecule has 22 heavy (non-hydrogen) atoms. The molecule has 1 aromatic carbocycles. The third kappa shape index (κ3) is 5.00. The topological polar surface area (TPSA) is 73.6 Å². The van der Waals surface area contributed by atoms with E-state index < -0.39 is 6.10 Å². The maximum Gasteiger partial charge on any atom is 0.250 e. The van der Waals surface area contributed by atoms with E-state index in [9.17, 15) is 4.79 Å². The molecule has 2 atom stereocenters. The zero-order chi connectivity index (χ0) is 15.9. The summed E-state index contributed by atoms with van der Waals surface area (Å²) >= 11 is 0. The quantitative estimate of drug-likeness (QED) is 0.732. The van der Waals surface area contributed by atoms with Crippen molar-refractivity contribution < 1.29 is 14.3 Å². The number of methoxy groups -OCH3 is 1. The fourth-order valence-electron chi connectivity index (χ4n) is 2.30. The summed E-state index contributed by atoms with van der Waals surface area (Å²) in [5, 5.41) is 2.98. The Labute approximate surface area is 132 Å². The first-order valence-corrected chi connectivity index (χ1v) is 7.94. The lowest BCUT2D eigenvalue weighted by Gasteiger charge is -2.23. The van der Waals surface area contributed by atoms with E-state index in [0.717, 1.165) is 37.0 Å². The first kappa shape index (κ1) is 16.8. The molecular formula is C17H26N2O3. The molecule has 0 spiro atoms. The average Bonchev–Trinajstić information content (AvgIpc) is 3.32. The lowest BCUT2D eigenvalue weighted by Crippen LogP contribution is -2.48. The van der Waals surface area contributed by atoms with Crippen molar-refractivity contribution >= 4 is 5.91 Å². The number of nitrogens with two attached hydrogens (primary N) is 1. The molecule has 1 unspecified atom stereocenters. The molecule has 1 aliphatic rings. The highest BCUT2D eigenvalue weighted by Gasteiger charge is 2.31. The van der Waals surface area contributed by atoms with Crippen LogP contribution in [-0.4, -0.2) is 31.2 Å². The highest BCUT2D eigenvalue weighted by Crippen LogP contribution is 2.20. The van der Waals surface area contributed by atoms with Gasteiger partial charge in [0, 0.05) is 12.1 Å². The van der Waals surface area contributed by atoms with Crippen LogP contribution in [0.5, 0.6) is 5.75 Å². The van der Waals surface area contributed by atoms with Gasteiger partial charge in [-0.3, -0.25) is 4.79 Å². The predicted octanol–water partition coefficient (Wildman–Crippen LogP) is 1.99. The number of amides is 1. The molecule has 122 valence electrons. The molecule has 2 rings (SSSR count). The van der Waals surface area contributed by atoms with Gasteiger partial charge in [0.25, 0.3) is 5.91 Å². The minimum atomic E-state index is -0.595. The van der Waals surface area contributed by atoms with Crippen LogP contribution in [0.1, 0.15) is 38.2 Å². The van der Waals surface area contributed by atoms with Crippen LogP contribution in [0.2, 0.25) is 0 Å². The van der Waals surface area contributed by atoms with Crippen LogP contribution >= 0.6 is 0 Å². The second kappa shape index (κ2) is 8.15. The van der Waals surface area contributed by atoms with Crippen LogP contribution in [0.25, 0.3) is 0 Å². The minimum Gasteiger partial charge on any atom is -0.497 e. The summed E-state index contributed by atoms with van der Waals surface area (Å²) < 4.78 is 11.0. The van der Waals surface area contributed by atoms with E-state index in [4.69, 9.17) is 15.2 Å². The van der Waals surface area contributed by atoms with Gasteiger partial charge in [0.15, 0.2) is 6.10 Å². The molecule has 3 N–H and O–H groups in total. The van der Waals surface area contributed by atoms with E-state index in [0.29, 0.717) is 12.6 Å². The second-order valence-electron chi connectivity index (χ2n) is 5.82. The molecule has 1 fully saturated rings. The third-order valence-electron chi connectivity index (χ3n) is 3.78. The van der Waals surface area contributed by atoms with Crippen LogP contribution in [-0.2, 0) is 16.1 Å². The van der Waals surface area contributed by atoms with Gasteiger partial charge >= 0.3 is 0 Å². The predicted molar refractivity (Wildman–Crippen MR) is 85.6 cm³/mol. The van der Waals surface area contributed by atoms with Crippen molar-refractivity contribution in [2.45, 2.75) is 57.4 Å². The van der Waals surface area contributed by atoms with Crippen LogP contribution in [0, 0.1) is 0 Å². The second-order valence-corrected chi connectivity index (χ2v) is 5.82. The molecule has 0 aromatic heterocycles. The molecule has 0 bridgehead atoms. The zero-order valence-corrected chi connectivity index (χ0v) is 13.4. The van der Waals surface area contributed by atoms with Crippen LogP contribution in [0.4, 0.5) is 0 Å². The van der Waals surface area contributed by atoms with E-state index >= 15 is 0 Å². The van der Waals surface area contributed by atoms with Gasteiger partial charge in [-0.2, -0.15) is 0 Å². The van der Waals surface area contributed by atoms with E-state index in [1.54, 1.807) is 7.11 Å². The number of benzene rings is 1. The van der Waals surface area contributed by atoms with Crippen molar-refractivity contribution in [2.75, 3.05) is 7.11 Å². The number of carbonyl (C=O) groups is 1. The van der Waals surface area contributed by atoms with Gasteiger partial charge in [-0.15, -0.1) is 0 Å². The average molecular weight is 306 g/mol. The number of carbonyl (C=O) groups excluding carboxylic acids is 1. The number of ether oxygens (including phenoxy) is 2. The Balaban J connectivity index is 1.93. The summed E-state index contributed by atoms with van der Waals surface area (Å²) in [5.41, 5.74) is 7.12. The number of rotatable bonds is 9. The molecule has 1 aliphatic carbocycles. The molecule has 1 amide bonds. The Morgan fingerprint density at radius 3 is 2.59 bits per heavy atom. The normalized spacial score (nSPS) is 16.9. The Morgan fingerprint density at radius 2 is 2.05 bits per heavy atom. The fraction of sp³-hybridized carbons (Fsp3) is 0.588. The van der Waals surface area contributed by atoms with Crippen molar-refractivity contribution in [3.8, 4) is 5.75 Å². The Bertz CT molecular complexity index is 471. The molecule has 1 saturated carbocycles. The molecule has 0 radical (unpaired) electrons. The monoisotopic (exact) mass is 306 g/mol. The molecule has 5 heteroatoms. The summed E-state index contributed by atoms with van der Waals surface area (Å²) in [7, 11) is 1.63. The van der Waals surface area contributed by atoms with E-state index in [2.05, 4.69) is 12.2 Å². The zero-order valence-electron chi connectivity index (χ0n) is 13.4. The molecular weight excluding hydrogens is 280 g/mol. The van der Waals surface area contributed by atoms with Crippen molar-refractivity contribution in [1.29, 1.82) is 0 Å². The minimum absolute atomic E-state index is 0.0861. The van der Waals surface area contributed by atoms with Crippen LogP contribution in [0.3, 0.4) is 0 Å². The summed E-state index contributed by atoms with van der Waals surface area (Å²) in [5.74, 6) is 0.714. The molecule has 0 aliphatic heterocycles. The van der Waals surface area contributed by atoms with E-state index in [-0.39, 0.29) is 11.9 Å². The third-order valence-corrected chi connectivity index (χ3v) is 3.78. The lowest BCUT2D eigenvalue weighted by atomic mass is 10.1. The highest BCUT2D eigenvalue weighted by atomic mass is 16.5. The maximum absolute atomic E-state index is 12.3. The van der Waals surface area contributed by atoms with E-state index in [1.807, 2.05) is 24.3 Å². The summed E-state index contributed by atoms with van der Waals surface area (Å²) in [4.78, 5) is 12.3. The molecule has 0 saturated heterocycles. The van der Waals surface area contributed by atoms with Gasteiger partial charge in [0.05, 0.1) is 13.7 Å². The maximum atomic E-state index is 12.3. The van der Waals surface area contributed by atoms with Crippen molar-refractivity contribution in [1.82, 2.24) is 5.32 Å². The van der Waals surface area contributed by atoms with Gasteiger partial charge in [0.1, 0.15) is 5.75 Å². The number of nitrogens with one attached hydrogen (secondary N) is 1. The molecule has 5 nitrogen and oxygen atoms in total. The number of hydrogen-bond donors (Lipinski definition) is 2. The van der Waals surface area contributed by atoms with Crippen LogP contribution < -0.4 is 15.8 Å². The summed E-state index contributed by atoms with van der Waals surface area (Å²) in [6.07, 6.45) is 3.22. The van der Waals surface area contributed by atoms with Gasteiger partial charge in [0.2, 0.25) is 0 Å². The van der Waals surface area contributed by atoms with Gasteiger partial charge < -0.3 is 20.5 Å². The first-order valence-electron chi connectivity index (χ1n) is 7.94.